The van der Waals surface area contributed by atoms with Gasteiger partial charge in [0, 0.05) is 13.1 Å². The molecule has 2 N–H and O–H groups in total. The van der Waals surface area contributed by atoms with Gasteiger partial charge in [0.2, 0.25) is 0 Å². The topological polar surface area (TPSA) is 69.6 Å². The van der Waals surface area contributed by atoms with Crippen molar-refractivity contribution < 1.29 is 19.1 Å². The SMILES string of the molecule is O=C(O)C1CCCCN1C(=O)NCc1ccc(F)c(Cl)c1. The van der Waals surface area contributed by atoms with E-state index in [0.29, 0.717) is 18.5 Å². The number of nitrogens with one attached hydrogen (secondary N) is 1. The molecule has 114 valence electrons. The molecule has 5 nitrogen and oxygen atoms in total. The number of hydrogen-bond acceptors (Lipinski definition) is 2. The molecule has 1 atom stereocenters. The standard InChI is InChI=1S/C14H16ClFN2O3/c15-10-7-9(4-5-11(10)16)8-17-14(21)18-6-2-1-3-12(18)13(19)20/h4-5,7,12H,1-3,6,8H2,(H,17,21)(H,19,20). The average Bonchev–Trinajstić information content (AvgIpc) is 2.48. The Morgan fingerprint density at radius 3 is 2.86 bits per heavy atom. The fourth-order valence-electron chi connectivity index (χ4n) is 2.36. The maximum Gasteiger partial charge on any atom is 0.326 e. The number of hydrogen-bond donors (Lipinski definition) is 2. The van der Waals surface area contributed by atoms with Crippen LogP contribution in [0.25, 0.3) is 0 Å². The molecule has 1 fully saturated rings. The summed E-state index contributed by atoms with van der Waals surface area (Å²) in [6, 6.07) is 2.97. The second-order valence-corrected chi connectivity index (χ2v) is 5.36. The molecule has 1 aromatic carbocycles. The molecule has 0 spiro atoms. The van der Waals surface area contributed by atoms with Gasteiger partial charge in [-0.15, -0.1) is 0 Å². The lowest BCUT2D eigenvalue weighted by Crippen LogP contribution is -2.51. The number of nitrogens with zero attached hydrogens (tertiary/aromatic N) is 1. The van der Waals surface area contributed by atoms with E-state index < -0.39 is 23.9 Å². The van der Waals surface area contributed by atoms with Gasteiger partial charge in [0.25, 0.3) is 0 Å². The van der Waals surface area contributed by atoms with Gasteiger partial charge < -0.3 is 15.3 Å². The van der Waals surface area contributed by atoms with Crippen molar-refractivity contribution in [2.75, 3.05) is 6.54 Å². The number of carbonyl (C=O) groups excluding carboxylic acids is 1. The van der Waals surface area contributed by atoms with Crippen LogP contribution < -0.4 is 5.32 Å². The predicted octanol–water partition coefficient (Wildman–Crippen LogP) is 2.63. The van der Waals surface area contributed by atoms with Gasteiger partial charge in [-0.25, -0.2) is 14.0 Å². The zero-order valence-electron chi connectivity index (χ0n) is 11.3. The van der Waals surface area contributed by atoms with Crippen molar-refractivity contribution in [3.63, 3.8) is 0 Å². The summed E-state index contributed by atoms with van der Waals surface area (Å²) in [6.45, 7) is 0.592. The maximum atomic E-state index is 13.0. The zero-order valence-corrected chi connectivity index (χ0v) is 12.1. The zero-order chi connectivity index (χ0) is 15.4. The second kappa shape index (κ2) is 6.76. The van der Waals surface area contributed by atoms with E-state index in [2.05, 4.69) is 5.32 Å². The third kappa shape index (κ3) is 3.85. The second-order valence-electron chi connectivity index (χ2n) is 4.95. The van der Waals surface area contributed by atoms with Crippen LogP contribution in [0.5, 0.6) is 0 Å². The minimum atomic E-state index is -0.991. The Labute approximate surface area is 126 Å². The first-order valence-electron chi connectivity index (χ1n) is 6.70. The van der Waals surface area contributed by atoms with Gasteiger partial charge in [-0.05, 0) is 37.0 Å². The van der Waals surface area contributed by atoms with Crippen molar-refractivity contribution >= 4 is 23.6 Å². The summed E-state index contributed by atoms with van der Waals surface area (Å²) in [4.78, 5) is 24.6. The molecule has 0 saturated carbocycles. The van der Waals surface area contributed by atoms with Crippen LogP contribution in [0.15, 0.2) is 18.2 Å². The summed E-state index contributed by atoms with van der Waals surface area (Å²) in [6.07, 6.45) is 2.05. The number of likely N-dealkylation sites (tertiary alicyclic amines) is 1. The minimum absolute atomic E-state index is 0.0110. The summed E-state index contributed by atoms with van der Waals surface area (Å²) >= 11 is 5.67. The van der Waals surface area contributed by atoms with Crippen molar-refractivity contribution in [1.29, 1.82) is 0 Å². The first-order chi connectivity index (χ1) is 9.99. The minimum Gasteiger partial charge on any atom is -0.480 e. The molecule has 7 heteroatoms. The molecular formula is C14H16ClFN2O3. The van der Waals surface area contributed by atoms with Crippen LogP contribution >= 0.6 is 11.6 Å². The van der Waals surface area contributed by atoms with Gasteiger partial charge in [-0.2, -0.15) is 0 Å². The third-order valence-electron chi connectivity index (χ3n) is 3.48. The van der Waals surface area contributed by atoms with E-state index in [-0.39, 0.29) is 11.6 Å². The Balaban J connectivity index is 1.96. The van der Waals surface area contributed by atoms with Crippen LogP contribution in [0.4, 0.5) is 9.18 Å². The number of carboxylic acids is 1. The summed E-state index contributed by atoms with van der Waals surface area (Å²) in [5.74, 6) is -1.51. The molecule has 1 aliphatic heterocycles. The maximum absolute atomic E-state index is 13.0. The van der Waals surface area contributed by atoms with Gasteiger partial charge in [-0.1, -0.05) is 17.7 Å². The molecule has 1 unspecified atom stereocenters. The summed E-state index contributed by atoms with van der Waals surface area (Å²) < 4.78 is 13.0. The predicted molar refractivity (Wildman–Crippen MR) is 75.6 cm³/mol. The number of amides is 2. The van der Waals surface area contributed by atoms with Crippen molar-refractivity contribution in [2.24, 2.45) is 0 Å². The van der Waals surface area contributed by atoms with E-state index in [4.69, 9.17) is 16.7 Å². The number of rotatable bonds is 3. The van der Waals surface area contributed by atoms with Gasteiger partial charge >= 0.3 is 12.0 Å². The Morgan fingerprint density at radius 2 is 2.19 bits per heavy atom. The molecule has 0 bridgehead atoms. The first-order valence-corrected chi connectivity index (χ1v) is 7.08. The molecule has 0 aliphatic carbocycles. The number of carbonyl (C=O) groups is 2. The first kappa shape index (κ1) is 15.6. The average molecular weight is 315 g/mol. The van der Waals surface area contributed by atoms with Gasteiger partial charge in [0.15, 0.2) is 0 Å². The normalized spacial score (nSPS) is 18.4. The van der Waals surface area contributed by atoms with Crippen LogP contribution in [-0.2, 0) is 11.3 Å². The fourth-order valence-corrected chi connectivity index (χ4v) is 2.56. The van der Waals surface area contributed by atoms with Crippen molar-refractivity contribution in [1.82, 2.24) is 10.2 Å². The highest BCUT2D eigenvalue weighted by Crippen LogP contribution is 2.18. The molecule has 1 saturated heterocycles. The van der Waals surface area contributed by atoms with Gasteiger partial charge in [0.05, 0.1) is 5.02 Å². The Morgan fingerprint density at radius 1 is 1.43 bits per heavy atom. The Hall–Kier alpha value is -1.82. The number of carboxylic acid groups (broad SMARTS) is 1. The molecule has 21 heavy (non-hydrogen) atoms. The van der Waals surface area contributed by atoms with E-state index in [0.717, 1.165) is 12.8 Å². The number of urea groups is 1. The third-order valence-corrected chi connectivity index (χ3v) is 3.77. The van der Waals surface area contributed by atoms with Crippen molar-refractivity contribution in [2.45, 2.75) is 31.8 Å². The van der Waals surface area contributed by atoms with Crippen LogP contribution in [-0.4, -0.2) is 34.6 Å². The molecule has 0 aromatic heterocycles. The molecule has 1 heterocycles. The van der Waals surface area contributed by atoms with E-state index in [9.17, 15) is 14.0 Å². The fraction of sp³-hybridized carbons (Fsp3) is 0.429. The van der Waals surface area contributed by atoms with Gasteiger partial charge in [0.1, 0.15) is 11.9 Å². The van der Waals surface area contributed by atoms with Gasteiger partial charge in [-0.3, -0.25) is 0 Å². The lowest BCUT2D eigenvalue weighted by molar-refractivity contribution is -0.143. The lowest BCUT2D eigenvalue weighted by Gasteiger charge is -2.32. The lowest BCUT2D eigenvalue weighted by atomic mass is 10.0. The highest BCUT2D eigenvalue weighted by molar-refractivity contribution is 6.30. The van der Waals surface area contributed by atoms with E-state index in [1.165, 1.54) is 23.1 Å². The van der Waals surface area contributed by atoms with Crippen LogP contribution in [0.2, 0.25) is 5.02 Å². The molecule has 1 aliphatic rings. The molecule has 2 amide bonds. The van der Waals surface area contributed by atoms with E-state index in [1.807, 2.05) is 0 Å². The highest BCUT2D eigenvalue weighted by Gasteiger charge is 2.31. The van der Waals surface area contributed by atoms with Crippen LogP contribution in [0, 0.1) is 5.82 Å². The molecular weight excluding hydrogens is 299 g/mol. The largest absolute Gasteiger partial charge is 0.480 e. The highest BCUT2D eigenvalue weighted by atomic mass is 35.5. The molecule has 0 radical (unpaired) electrons. The Bertz CT molecular complexity index is 553. The Kier molecular flexibility index (Phi) is 5.01. The van der Waals surface area contributed by atoms with Crippen LogP contribution in [0.1, 0.15) is 24.8 Å². The van der Waals surface area contributed by atoms with E-state index >= 15 is 0 Å². The van der Waals surface area contributed by atoms with E-state index in [1.54, 1.807) is 0 Å². The molecule has 2 rings (SSSR count). The summed E-state index contributed by atoms with van der Waals surface area (Å²) in [5.41, 5.74) is 0.652. The quantitative estimate of drug-likeness (QED) is 0.901. The number of benzene rings is 1. The van der Waals surface area contributed by atoms with Crippen LogP contribution in [0.3, 0.4) is 0 Å². The number of aliphatic carboxylic acids is 1. The number of piperidine rings is 1. The smallest absolute Gasteiger partial charge is 0.326 e. The number of halogens is 2. The monoisotopic (exact) mass is 314 g/mol. The molecule has 1 aromatic rings. The van der Waals surface area contributed by atoms with Crippen molar-refractivity contribution in [3.05, 3.63) is 34.6 Å². The summed E-state index contributed by atoms with van der Waals surface area (Å²) in [7, 11) is 0. The summed E-state index contributed by atoms with van der Waals surface area (Å²) in [5, 5.41) is 11.8. The van der Waals surface area contributed by atoms with Crippen molar-refractivity contribution in [3.8, 4) is 0 Å².